The Morgan fingerprint density at radius 2 is 1.57 bits per heavy atom. The molecule has 0 aliphatic heterocycles. The minimum absolute atomic E-state index is 0.478. The second kappa shape index (κ2) is 7.95. The molecular formula is C19H31NO. The Balaban J connectivity index is 1.77. The fraction of sp³-hybridized carbons (Fsp3) is 0.684. The van der Waals surface area contributed by atoms with Gasteiger partial charge in [-0.2, -0.15) is 0 Å². The van der Waals surface area contributed by atoms with E-state index in [2.05, 4.69) is 43.4 Å². The van der Waals surface area contributed by atoms with Crippen LogP contribution in [0.4, 0.5) is 0 Å². The quantitative estimate of drug-likeness (QED) is 0.774. The number of aliphatic hydroxyl groups is 1. The highest BCUT2D eigenvalue weighted by Gasteiger charge is 2.27. The third-order valence-electron chi connectivity index (χ3n) is 4.48. The lowest BCUT2D eigenvalue weighted by molar-refractivity contribution is 0.0250. The summed E-state index contributed by atoms with van der Waals surface area (Å²) in [4.78, 5) is 0. The average molecular weight is 289 g/mol. The molecule has 21 heavy (non-hydrogen) atoms. The maximum Gasteiger partial charge on any atom is 0.0771 e. The van der Waals surface area contributed by atoms with E-state index >= 15 is 0 Å². The maximum absolute atomic E-state index is 10.6. The Labute approximate surface area is 130 Å². The van der Waals surface area contributed by atoms with Crippen LogP contribution in [-0.4, -0.2) is 17.3 Å². The van der Waals surface area contributed by atoms with Crippen molar-refractivity contribution in [3.05, 3.63) is 35.4 Å². The molecule has 2 rings (SSSR count). The summed E-state index contributed by atoms with van der Waals surface area (Å²) in [6, 6.07) is 8.89. The molecule has 0 amide bonds. The summed E-state index contributed by atoms with van der Waals surface area (Å²) >= 11 is 0. The Bertz CT molecular complexity index is 402. The SMILES string of the molecule is CC(C)Cc1ccc(CNCC2(O)CCCCCC2)cc1. The molecule has 0 bridgehead atoms. The molecule has 0 aromatic heterocycles. The standard InChI is InChI=1S/C19H31NO/c1-16(2)13-17-7-9-18(10-8-17)14-20-15-19(21)11-5-3-4-6-12-19/h7-10,16,20-21H,3-6,11-15H2,1-2H3. The lowest BCUT2D eigenvalue weighted by atomic mass is 9.94. The highest BCUT2D eigenvalue weighted by molar-refractivity contribution is 5.22. The molecule has 0 spiro atoms. The summed E-state index contributed by atoms with van der Waals surface area (Å²) in [5.74, 6) is 0.707. The van der Waals surface area contributed by atoms with E-state index < -0.39 is 5.60 Å². The van der Waals surface area contributed by atoms with Crippen LogP contribution >= 0.6 is 0 Å². The van der Waals surface area contributed by atoms with Gasteiger partial charge in [0.15, 0.2) is 0 Å². The van der Waals surface area contributed by atoms with E-state index in [1.165, 1.54) is 36.8 Å². The van der Waals surface area contributed by atoms with Gasteiger partial charge in [0.1, 0.15) is 0 Å². The predicted octanol–water partition coefficient (Wildman–Crippen LogP) is 4.06. The van der Waals surface area contributed by atoms with Gasteiger partial charge < -0.3 is 10.4 Å². The summed E-state index contributed by atoms with van der Waals surface area (Å²) in [5, 5.41) is 14.1. The monoisotopic (exact) mass is 289 g/mol. The summed E-state index contributed by atoms with van der Waals surface area (Å²) in [6.45, 7) is 6.08. The molecule has 0 unspecified atom stereocenters. The van der Waals surface area contributed by atoms with Gasteiger partial charge in [0.05, 0.1) is 5.60 Å². The van der Waals surface area contributed by atoms with Crippen LogP contribution < -0.4 is 5.32 Å². The average Bonchev–Trinajstić information content (AvgIpc) is 2.65. The van der Waals surface area contributed by atoms with Gasteiger partial charge in [-0.25, -0.2) is 0 Å². The van der Waals surface area contributed by atoms with Crippen molar-refractivity contribution in [1.82, 2.24) is 5.32 Å². The van der Waals surface area contributed by atoms with Crippen LogP contribution in [0.1, 0.15) is 63.5 Å². The van der Waals surface area contributed by atoms with Gasteiger partial charge in [0.2, 0.25) is 0 Å². The number of hydrogen-bond donors (Lipinski definition) is 2. The van der Waals surface area contributed by atoms with Gasteiger partial charge in [0, 0.05) is 13.1 Å². The fourth-order valence-electron chi connectivity index (χ4n) is 3.27. The van der Waals surface area contributed by atoms with Crippen molar-refractivity contribution in [2.75, 3.05) is 6.54 Å². The Kier molecular flexibility index (Phi) is 6.25. The van der Waals surface area contributed by atoms with Crippen LogP contribution in [-0.2, 0) is 13.0 Å². The van der Waals surface area contributed by atoms with Gasteiger partial charge in [0.25, 0.3) is 0 Å². The van der Waals surface area contributed by atoms with E-state index in [0.29, 0.717) is 5.92 Å². The first kappa shape index (κ1) is 16.5. The first-order chi connectivity index (χ1) is 10.1. The molecule has 1 fully saturated rings. The Hall–Kier alpha value is -0.860. The molecule has 0 heterocycles. The summed E-state index contributed by atoms with van der Waals surface area (Å²) in [7, 11) is 0. The highest BCUT2D eigenvalue weighted by atomic mass is 16.3. The van der Waals surface area contributed by atoms with Crippen molar-refractivity contribution in [2.24, 2.45) is 5.92 Å². The van der Waals surface area contributed by atoms with Gasteiger partial charge >= 0.3 is 0 Å². The van der Waals surface area contributed by atoms with E-state index in [-0.39, 0.29) is 0 Å². The minimum atomic E-state index is -0.478. The van der Waals surface area contributed by atoms with E-state index in [4.69, 9.17) is 0 Å². The summed E-state index contributed by atoms with van der Waals surface area (Å²) in [6.07, 6.45) is 7.94. The number of benzene rings is 1. The van der Waals surface area contributed by atoms with E-state index in [1.807, 2.05) is 0 Å². The van der Waals surface area contributed by atoms with Crippen molar-refractivity contribution in [3.8, 4) is 0 Å². The van der Waals surface area contributed by atoms with Crippen molar-refractivity contribution in [3.63, 3.8) is 0 Å². The molecule has 1 saturated carbocycles. The third-order valence-corrected chi connectivity index (χ3v) is 4.48. The van der Waals surface area contributed by atoms with E-state index in [0.717, 1.165) is 32.4 Å². The van der Waals surface area contributed by atoms with Crippen LogP contribution in [0.5, 0.6) is 0 Å². The zero-order valence-corrected chi connectivity index (χ0v) is 13.7. The normalized spacial score (nSPS) is 18.7. The van der Waals surface area contributed by atoms with Crippen molar-refractivity contribution in [1.29, 1.82) is 0 Å². The van der Waals surface area contributed by atoms with Gasteiger partial charge in [-0.3, -0.25) is 0 Å². The maximum atomic E-state index is 10.6. The van der Waals surface area contributed by atoms with Crippen LogP contribution in [0.2, 0.25) is 0 Å². The molecule has 0 radical (unpaired) electrons. The molecule has 2 N–H and O–H groups in total. The molecule has 0 saturated heterocycles. The molecule has 118 valence electrons. The smallest absolute Gasteiger partial charge is 0.0771 e. The Morgan fingerprint density at radius 3 is 2.14 bits per heavy atom. The van der Waals surface area contributed by atoms with Crippen LogP contribution in [0.3, 0.4) is 0 Å². The largest absolute Gasteiger partial charge is 0.389 e. The number of rotatable bonds is 6. The summed E-state index contributed by atoms with van der Waals surface area (Å²) < 4.78 is 0. The molecule has 1 aliphatic rings. The number of hydrogen-bond acceptors (Lipinski definition) is 2. The van der Waals surface area contributed by atoms with E-state index in [1.54, 1.807) is 0 Å². The zero-order chi connectivity index (χ0) is 15.1. The first-order valence-electron chi connectivity index (χ1n) is 8.58. The second-order valence-corrected chi connectivity index (χ2v) is 7.16. The van der Waals surface area contributed by atoms with E-state index in [9.17, 15) is 5.11 Å². The summed E-state index contributed by atoms with van der Waals surface area (Å²) in [5.41, 5.74) is 2.24. The zero-order valence-electron chi connectivity index (χ0n) is 13.7. The van der Waals surface area contributed by atoms with Crippen molar-refractivity contribution < 1.29 is 5.11 Å². The lowest BCUT2D eigenvalue weighted by Gasteiger charge is -2.27. The predicted molar refractivity (Wildman–Crippen MR) is 89.3 cm³/mol. The molecule has 0 atom stereocenters. The van der Waals surface area contributed by atoms with Crippen molar-refractivity contribution in [2.45, 2.75) is 70.9 Å². The topological polar surface area (TPSA) is 32.3 Å². The molecule has 1 aliphatic carbocycles. The minimum Gasteiger partial charge on any atom is -0.389 e. The molecule has 1 aromatic carbocycles. The Morgan fingerprint density at radius 1 is 1.00 bits per heavy atom. The molecule has 2 heteroatoms. The van der Waals surface area contributed by atoms with Gasteiger partial charge in [-0.15, -0.1) is 0 Å². The molecular weight excluding hydrogens is 258 g/mol. The van der Waals surface area contributed by atoms with Crippen LogP contribution in [0.25, 0.3) is 0 Å². The van der Waals surface area contributed by atoms with Crippen molar-refractivity contribution >= 4 is 0 Å². The van der Waals surface area contributed by atoms with Gasteiger partial charge in [-0.05, 0) is 36.3 Å². The van der Waals surface area contributed by atoms with Gasteiger partial charge in [-0.1, -0.05) is 63.8 Å². The first-order valence-corrected chi connectivity index (χ1v) is 8.58. The van der Waals surface area contributed by atoms with Crippen LogP contribution in [0.15, 0.2) is 24.3 Å². The highest BCUT2D eigenvalue weighted by Crippen LogP contribution is 2.26. The number of nitrogens with one attached hydrogen (secondary N) is 1. The third kappa shape index (κ3) is 5.80. The fourth-order valence-corrected chi connectivity index (χ4v) is 3.27. The molecule has 2 nitrogen and oxygen atoms in total. The second-order valence-electron chi connectivity index (χ2n) is 7.16. The molecule has 1 aromatic rings. The lowest BCUT2D eigenvalue weighted by Crippen LogP contribution is -2.39. The van der Waals surface area contributed by atoms with Crippen LogP contribution in [0, 0.1) is 5.92 Å².